The van der Waals surface area contributed by atoms with Gasteiger partial charge in [-0.25, -0.2) is 4.79 Å². The van der Waals surface area contributed by atoms with Crippen LogP contribution in [0.1, 0.15) is 25.3 Å². The van der Waals surface area contributed by atoms with Gasteiger partial charge in [0.15, 0.2) is 11.5 Å². The van der Waals surface area contributed by atoms with Crippen LogP contribution in [0.5, 0.6) is 11.5 Å². The lowest BCUT2D eigenvalue weighted by Gasteiger charge is -2.31. The number of esters is 2. The molecular weight excluding hydrogens is 338 g/mol. The molecule has 1 heterocycles. The molecule has 0 spiro atoms. The molecule has 7 nitrogen and oxygen atoms in total. The second-order valence-corrected chi connectivity index (χ2v) is 5.84. The summed E-state index contributed by atoms with van der Waals surface area (Å²) in [7, 11) is 5.67. The first-order valence-corrected chi connectivity index (χ1v) is 8.03. The van der Waals surface area contributed by atoms with Crippen molar-refractivity contribution < 1.29 is 28.5 Å². The maximum Gasteiger partial charge on any atom is 0.336 e. The molecule has 0 fully saturated rings. The van der Waals surface area contributed by atoms with Crippen LogP contribution in [-0.2, 0) is 19.1 Å². The third kappa shape index (κ3) is 3.42. The summed E-state index contributed by atoms with van der Waals surface area (Å²) in [6.45, 7) is 3.46. The van der Waals surface area contributed by atoms with E-state index in [0.29, 0.717) is 34.0 Å². The highest BCUT2D eigenvalue weighted by Crippen LogP contribution is 2.42. The summed E-state index contributed by atoms with van der Waals surface area (Å²) in [5.74, 6) is -1.31. The van der Waals surface area contributed by atoms with Gasteiger partial charge in [-0.2, -0.15) is 0 Å². The maximum absolute atomic E-state index is 12.5. The van der Waals surface area contributed by atoms with E-state index in [1.807, 2.05) is 0 Å². The Hall–Kier alpha value is -2.83. The fourth-order valence-electron chi connectivity index (χ4n) is 3.25. The fraction of sp³-hybridized carbons (Fsp3) is 0.421. The van der Waals surface area contributed by atoms with Crippen molar-refractivity contribution in [3.05, 3.63) is 35.0 Å². The quantitative estimate of drug-likeness (QED) is 0.749. The Morgan fingerprint density at radius 1 is 0.962 bits per heavy atom. The largest absolute Gasteiger partial charge is 0.493 e. The van der Waals surface area contributed by atoms with E-state index < -0.39 is 23.8 Å². The van der Waals surface area contributed by atoms with Crippen LogP contribution in [0.25, 0.3) is 0 Å². The molecule has 0 N–H and O–H groups in total. The molecule has 0 aromatic heterocycles. The molecule has 0 bridgehead atoms. The number of aliphatic imine (C=N–C) groups is 1. The third-order valence-electron chi connectivity index (χ3n) is 4.46. The molecule has 0 amide bonds. The van der Waals surface area contributed by atoms with Crippen LogP contribution in [0.4, 0.5) is 0 Å². The number of allylic oxidation sites excluding steroid dienone is 1. The van der Waals surface area contributed by atoms with Crippen LogP contribution in [0, 0.1) is 5.92 Å². The van der Waals surface area contributed by atoms with Gasteiger partial charge in [0.1, 0.15) is 5.92 Å². The van der Waals surface area contributed by atoms with Gasteiger partial charge in [-0.3, -0.25) is 9.79 Å². The van der Waals surface area contributed by atoms with Crippen molar-refractivity contribution in [1.29, 1.82) is 0 Å². The van der Waals surface area contributed by atoms with Gasteiger partial charge in [0.05, 0.1) is 34.0 Å². The molecule has 0 saturated heterocycles. The van der Waals surface area contributed by atoms with Crippen molar-refractivity contribution in [3.63, 3.8) is 0 Å². The third-order valence-corrected chi connectivity index (χ3v) is 4.46. The first kappa shape index (κ1) is 19.5. The summed E-state index contributed by atoms with van der Waals surface area (Å²) >= 11 is 0. The van der Waals surface area contributed by atoms with Gasteiger partial charge in [-0.1, -0.05) is 6.07 Å². The summed E-state index contributed by atoms with van der Waals surface area (Å²) in [6, 6.07) is 5.26. The van der Waals surface area contributed by atoms with E-state index >= 15 is 0 Å². The summed E-state index contributed by atoms with van der Waals surface area (Å²) < 4.78 is 20.5. The molecule has 0 aliphatic carbocycles. The molecule has 1 aliphatic heterocycles. The minimum absolute atomic E-state index is 0.320. The molecule has 0 radical (unpaired) electrons. The van der Waals surface area contributed by atoms with Crippen LogP contribution in [0.3, 0.4) is 0 Å². The van der Waals surface area contributed by atoms with Crippen LogP contribution in [0.15, 0.2) is 34.5 Å². The number of methoxy groups -OCH3 is 4. The first-order valence-electron chi connectivity index (χ1n) is 8.03. The van der Waals surface area contributed by atoms with Crippen LogP contribution >= 0.6 is 0 Å². The molecular formula is C19H23NO6. The van der Waals surface area contributed by atoms with Crippen molar-refractivity contribution in [3.8, 4) is 11.5 Å². The Morgan fingerprint density at radius 2 is 1.62 bits per heavy atom. The Labute approximate surface area is 152 Å². The van der Waals surface area contributed by atoms with Crippen LogP contribution < -0.4 is 9.47 Å². The predicted octanol–water partition coefficient (Wildman–Crippen LogP) is 2.50. The van der Waals surface area contributed by atoms with Gasteiger partial charge in [0.25, 0.3) is 0 Å². The number of ether oxygens (including phenoxy) is 4. The Kier molecular flexibility index (Phi) is 6.02. The van der Waals surface area contributed by atoms with Gasteiger partial charge >= 0.3 is 11.9 Å². The second-order valence-electron chi connectivity index (χ2n) is 5.84. The number of hydrogen-bond donors (Lipinski definition) is 0. The lowest BCUT2D eigenvalue weighted by Crippen LogP contribution is -2.36. The molecule has 0 saturated carbocycles. The molecule has 2 unspecified atom stereocenters. The highest BCUT2D eigenvalue weighted by Gasteiger charge is 2.42. The number of carbonyl (C=O) groups excluding carboxylic acids is 2. The molecule has 1 aromatic carbocycles. The molecule has 7 heteroatoms. The zero-order valence-electron chi connectivity index (χ0n) is 15.8. The van der Waals surface area contributed by atoms with E-state index in [1.165, 1.54) is 28.4 Å². The number of rotatable bonds is 5. The average molecular weight is 361 g/mol. The summed E-state index contributed by atoms with van der Waals surface area (Å²) in [5.41, 5.74) is 2.10. The van der Waals surface area contributed by atoms with E-state index in [9.17, 15) is 9.59 Å². The van der Waals surface area contributed by atoms with Crippen molar-refractivity contribution in [2.45, 2.75) is 19.8 Å². The van der Waals surface area contributed by atoms with E-state index in [2.05, 4.69) is 4.99 Å². The second kappa shape index (κ2) is 8.03. The summed E-state index contributed by atoms with van der Waals surface area (Å²) in [6.07, 6.45) is 0. The van der Waals surface area contributed by atoms with Crippen molar-refractivity contribution >= 4 is 17.7 Å². The number of nitrogens with zero attached hydrogens (tertiary/aromatic N) is 1. The van der Waals surface area contributed by atoms with E-state index in [4.69, 9.17) is 18.9 Å². The molecule has 1 aromatic rings. The minimum Gasteiger partial charge on any atom is -0.493 e. The van der Waals surface area contributed by atoms with E-state index in [0.717, 1.165) is 0 Å². The Balaban J connectivity index is 2.70. The minimum atomic E-state index is -0.740. The Morgan fingerprint density at radius 3 is 2.15 bits per heavy atom. The highest BCUT2D eigenvalue weighted by atomic mass is 16.5. The van der Waals surface area contributed by atoms with Crippen molar-refractivity contribution in [1.82, 2.24) is 0 Å². The lowest BCUT2D eigenvalue weighted by molar-refractivity contribution is -0.143. The van der Waals surface area contributed by atoms with Gasteiger partial charge < -0.3 is 18.9 Å². The fourth-order valence-corrected chi connectivity index (χ4v) is 3.25. The average Bonchev–Trinajstić information content (AvgIpc) is 2.65. The summed E-state index contributed by atoms with van der Waals surface area (Å²) in [4.78, 5) is 29.3. The molecule has 26 heavy (non-hydrogen) atoms. The standard InChI is InChI=1S/C19H23NO6/c1-10-15(18(21)25-5)17(16(11(2)20-10)19(22)26-6)12-7-8-13(23-3)14(9-12)24-4/h7-9,15,17H,1-6H3. The number of hydrogen-bond acceptors (Lipinski definition) is 7. The van der Waals surface area contributed by atoms with Gasteiger partial charge in [-0.05, 0) is 31.5 Å². The van der Waals surface area contributed by atoms with Gasteiger partial charge in [0.2, 0.25) is 0 Å². The zero-order valence-corrected chi connectivity index (χ0v) is 15.8. The monoisotopic (exact) mass is 361 g/mol. The zero-order chi connectivity index (χ0) is 19.4. The summed E-state index contributed by atoms with van der Waals surface area (Å²) in [5, 5.41) is 0. The van der Waals surface area contributed by atoms with Crippen LogP contribution in [0.2, 0.25) is 0 Å². The van der Waals surface area contributed by atoms with E-state index in [1.54, 1.807) is 32.0 Å². The normalized spacial score (nSPS) is 19.5. The van der Waals surface area contributed by atoms with Crippen molar-refractivity contribution in [2.75, 3.05) is 28.4 Å². The predicted molar refractivity (Wildman–Crippen MR) is 95.6 cm³/mol. The molecule has 140 valence electrons. The smallest absolute Gasteiger partial charge is 0.336 e. The lowest BCUT2D eigenvalue weighted by atomic mass is 9.75. The SMILES string of the molecule is COC(=O)C1=C(C)N=C(C)C(C(=O)OC)C1c1ccc(OC)c(OC)c1. The molecule has 2 atom stereocenters. The topological polar surface area (TPSA) is 83.4 Å². The first-order chi connectivity index (χ1) is 12.4. The number of benzene rings is 1. The molecule has 1 aliphatic rings. The highest BCUT2D eigenvalue weighted by molar-refractivity contribution is 6.07. The van der Waals surface area contributed by atoms with E-state index in [-0.39, 0.29) is 0 Å². The van der Waals surface area contributed by atoms with Crippen LogP contribution in [-0.4, -0.2) is 46.1 Å². The van der Waals surface area contributed by atoms with Gasteiger partial charge in [-0.15, -0.1) is 0 Å². The Bertz CT molecular complexity index is 780. The molecule has 2 rings (SSSR count). The van der Waals surface area contributed by atoms with Gasteiger partial charge in [0, 0.05) is 17.3 Å². The maximum atomic E-state index is 12.5. The number of carbonyl (C=O) groups is 2. The van der Waals surface area contributed by atoms with Crippen molar-refractivity contribution in [2.24, 2.45) is 10.9 Å².